The average Bonchev–Trinajstić information content (AvgIpc) is 3.30. The van der Waals surface area contributed by atoms with Gasteiger partial charge in [-0.3, -0.25) is 9.36 Å². The van der Waals surface area contributed by atoms with Crippen LogP contribution in [-0.4, -0.2) is 34.4 Å². The molecule has 176 valence electrons. The van der Waals surface area contributed by atoms with Crippen LogP contribution in [0.3, 0.4) is 0 Å². The quantitative estimate of drug-likeness (QED) is 0.446. The van der Waals surface area contributed by atoms with Crippen molar-refractivity contribution in [3.63, 3.8) is 0 Å². The molecule has 0 bridgehead atoms. The highest BCUT2D eigenvalue weighted by atomic mass is 35.5. The van der Waals surface area contributed by atoms with Crippen LogP contribution in [0.1, 0.15) is 36.5 Å². The zero-order valence-electron chi connectivity index (χ0n) is 19.0. The van der Waals surface area contributed by atoms with Gasteiger partial charge in [0.05, 0.1) is 17.6 Å². The first-order valence-corrected chi connectivity index (χ1v) is 10.7. The van der Waals surface area contributed by atoms with Crippen LogP contribution in [0, 0.1) is 19.7 Å². The van der Waals surface area contributed by atoms with Gasteiger partial charge < -0.3 is 9.84 Å². The molecule has 0 saturated carbocycles. The molecular formula is C23H22ClFN6O3. The standard InChI is InChI=1S/C23H22ClFN6O3/c1-13-14(2)31(22(32)20(24)21(13)34-11-17-16(25)10-26-12-28-17)15-5-7-27-19(9-15)30-8-6-18(29-30)23(3,4)33/h5-10,12,33H,11H2,1-4H3. The van der Waals surface area contributed by atoms with E-state index in [1.807, 2.05) is 0 Å². The van der Waals surface area contributed by atoms with Gasteiger partial charge in [-0.05, 0) is 39.8 Å². The molecule has 0 saturated heterocycles. The molecule has 4 aromatic rings. The maximum atomic E-state index is 13.9. The number of nitrogens with zero attached hydrogens (tertiary/aromatic N) is 6. The summed E-state index contributed by atoms with van der Waals surface area (Å²) in [5, 5.41) is 14.4. The first-order valence-electron chi connectivity index (χ1n) is 10.3. The van der Waals surface area contributed by atoms with Crippen molar-refractivity contribution in [3.8, 4) is 17.3 Å². The van der Waals surface area contributed by atoms with Crippen LogP contribution in [0.25, 0.3) is 11.5 Å². The molecule has 0 aliphatic rings. The van der Waals surface area contributed by atoms with E-state index in [1.165, 1.54) is 15.6 Å². The van der Waals surface area contributed by atoms with Gasteiger partial charge in [0.2, 0.25) is 0 Å². The molecule has 0 atom stereocenters. The lowest BCUT2D eigenvalue weighted by atomic mass is 10.1. The van der Waals surface area contributed by atoms with Crippen LogP contribution in [0.15, 0.2) is 47.9 Å². The monoisotopic (exact) mass is 484 g/mol. The Hall–Kier alpha value is -3.63. The van der Waals surface area contributed by atoms with E-state index in [-0.39, 0.29) is 23.1 Å². The Balaban J connectivity index is 1.72. The molecule has 1 N–H and O–H groups in total. The van der Waals surface area contributed by atoms with Gasteiger partial charge in [-0.2, -0.15) is 5.10 Å². The fourth-order valence-electron chi connectivity index (χ4n) is 3.36. The fourth-order valence-corrected chi connectivity index (χ4v) is 3.64. The van der Waals surface area contributed by atoms with Crippen LogP contribution >= 0.6 is 11.6 Å². The lowest BCUT2D eigenvalue weighted by molar-refractivity contribution is 0.0734. The van der Waals surface area contributed by atoms with Crippen LogP contribution in [-0.2, 0) is 12.2 Å². The van der Waals surface area contributed by atoms with Crippen LogP contribution in [0.4, 0.5) is 4.39 Å². The van der Waals surface area contributed by atoms with E-state index in [2.05, 4.69) is 20.1 Å². The molecule has 0 amide bonds. The lowest BCUT2D eigenvalue weighted by Gasteiger charge is -2.18. The van der Waals surface area contributed by atoms with Gasteiger partial charge in [-0.15, -0.1) is 0 Å². The molecule has 34 heavy (non-hydrogen) atoms. The third-order valence-corrected chi connectivity index (χ3v) is 5.68. The molecule has 4 rings (SSSR count). The number of hydrogen-bond acceptors (Lipinski definition) is 7. The predicted molar refractivity (Wildman–Crippen MR) is 123 cm³/mol. The molecule has 4 aromatic heterocycles. The smallest absolute Gasteiger partial charge is 0.277 e. The first-order chi connectivity index (χ1) is 16.1. The Bertz CT molecular complexity index is 1430. The SMILES string of the molecule is Cc1c(OCc2ncncc2F)c(Cl)c(=O)n(-c2ccnc(-n3ccc(C(C)(C)O)n3)c2)c1C. The minimum Gasteiger partial charge on any atom is -0.485 e. The van der Waals surface area contributed by atoms with E-state index >= 15 is 0 Å². The summed E-state index contributed by atoms with van der Waals surface area (Å²) in [6.45, 7) is 6.58. The van der Waals surface area contributed by atoms with Gasteiger partial charge in [0.25, 0.3) is 5.56 Å². The molecule has 0 radical (unpaired) electrons. The molecule has 0 aromatic carbocycles. The molecule has 0 spiro atoms. The van der Waals surface area contributed by atoms with Crippen molar-refractivity contribution in [1.82, 2.24) is 29.3 Å². The van der Waals surface area contributed by atoms with Crippen molar-refractivity contribution in [3.05, 3.63) is 87.0 Å². The highest BCUT2D eigenvalue weighted by Crippen LogP contribution is 2.30. The third kappa shape index (κ3) is 4.42. The Morgan fingerprint density at radius 1 is 1.24 bits per heavy atom. The van der Waals surface area contributed by atoms with E-state index in [1.54, 1.807) is 58.3 Å². The zero-order chi connectivity index (χ0) is 24.6. The molecule has 4 heterocycles. The van der Waals surface area contributed by atoms with Crippen LogP contribution in [0.2, 0.25) is 5.02 Å². The number of halogens is 2. The Kier molecular flexibility index (Phi) is 6.20. The topological polar surface area (TPSA) is 108 Å². The first kappa shape index (κ1) is 23.5. The van der Waals surface area contributed by atoms with E-state index in [9.17, 15) is 14.3 Å². The number of rotatable bonds is 6. The average molecular weight is 485 g/mol. The van der Waals surface area contributed by atoms with Gasteiger partial charge in [0, 0.05) is 29.7 Å². The summed E-state index contributed by atoms with van der Waals surface area (Å²) < 4.78 is 22.5. The summed E-state index contributed by atoms with van der Waals surface area (Å²) in [7, 11) is 0. The summed E-state index contributed by atoms with van der Waals surface area (Å²) in [5.74, 6) is -0.000684. The Morgan fingerprint density at radius 3 is 2.68 bits per heavy atom. The van der Waals surface area contributed by atoms with Gasteiger partial charge in [0.15, 0.2) is 11.6 Å². The van der Waals surface area contributed by atoms with Gasteiger partial charge in [-0.1, -0.05) is 11.6 Å². The Labute approximate surface area is 199 Å². The van der Waals surface area contributed by atoms with Gasteiger partial charge in [0.1, 0.15) is 35.0 Å². The number of pyridine rings is 2. The number of hydrogen-bond donors (Lipinski definition) is 1. The van der Waals surface area contributed by atoms with E-state index in [0.717, 1.165) is 6.20 Å². The summed E-state index contributed by atoms with van der Waals surface area (Å²) in [5.41, 5.74) is 0.641. The highest BCUT2D eigenvalue weighted by molar-refractivity contribution is 6.32. The van der Waals surface area contributed by atoms with E-state index in [4.69, 9.17) is 16.3 Å². The second-order valence-corrected chi connectivity index (χ2v) is 8.55. The molecule has 9 nitrogen and oxygen atoms in total. The van der Waals surface area contributed by atoms with Crippen molar-refractivity contribution in [2.45, 2.75) is 39.9 Å². The van der Waals surface area contributed by atoms with Crippen molar-refractivity contribution in [1.29, 1.82) is 0 Å². The minimum atomic E-state index is -1.11. The Morgan fingerprint density at radius 2 is 2.00 bits per heavy atom. The normalized spacial score (nSPS) is 11.6. The van der Waals surface area contributed by atoms with Crippen molar-refractivity contribution in [2.24, 2.45) is 0 Å². The summed E-state index contributed by atoms with van der Waals surface area (Å²) in [6.07, 6.45) is 5.48. The van der Waals surface area contributed by atoms with Gasteiger partial charge >= 0.3 is 0 Å². The van der Waals surface area contributed by atoms with Crippen molar-refractivity contribution < 1.29 is 14.2 Å². The minimum absolute atomic E-state index is 0.0516. The maximum Gasteiger partial charge on any atom is 0.277 e. The molecule has 0 fully saturated rings. The fraction of sp³-hybridized carbons (Fsp3) is 0.261. The predicted octanol–water partition coefficient (Wildman–Crippen LogP) is 3.42. The van der Waals surface area contributed by atoms with Crippen LogP contribution in [0.5, 0.6) is 5.75 Å². The van der Waals surface area contributed by atoms with Crippen molar-refractivity contribution >= 4 is 11.6 Å². The number of aromatic nitrogens is 6. The van der Waals surface area contributed by atoms with E-state index < -0.39 is 17.0 Å². The third-order valence-electron chi connectivity index (χ3n) is 5.34. The van der Waals surface area contributed by atoms with Crippen LogP contribution < -0.4 is 10.3 Å². The second kappa shape index (κ2) is 8.96. The maximum absolute atomic E-state index is 13.9. The number of aliphatic hydroxyl groups is 1. The van der Waals surface area contributed by atoms with Crippen molar-refractivity contribution in [2.75, 3.05) is 0 Å². The zero-order valence-corrected chi connectivity index (χ0v) is 19.7. The van der Waals surface area contributed by atoms with Gasteiger partial charge in [-0.25, -0.2) is 24.0 Å². The molecule has 0 aliphatic heterocycles. The van der Waals surface area contributed by atoms with E-state index in [0.29, 0.717) is 28.5 Å². The summed E-state index contributed by atoms with van der Waals surface area (Å²) in [4.78, 5) is 25.0. The molecule has 0 aliphatic carbocycles. The highest BCUT2D eigenvalue weighted by Gasteiger charge is 2.21. The number of ether oxygens (including phenoxy) is 1. The summed E-state index contributed by atoms with van der Waals surface area (Å²) in [6, 6.07) is 5.05. The lowest BCUT2D eigenvalue weighted by Crippen LogP contribution is -2.24. The second-order valence-electron chi connectivity index (χ2n) is 8.18. The summed E-state index contributed by atoms with van der Waals surface area (Å²) >= 11 is 6.40. The molecule has 11 heteroatoms. The molecular weight excluding hydrogens is 463 g/mol. The molecule has 0 unspecified atom stereocenters. The largest absolute Gasteiger partial charge is 0.485 e.